The Morgan fingerprint density at radius 1 is 0.604 bits per heavy atom. The van der Waals surface area contributed by atoms with Crippen molar-refractivity contribution < 1.29 is 361 Å². The van der Waals surface area contributed by atoms with Crippen molar-refractivity contribution in [3.8, 4) is 34.5 Å². The Bertz CT molecular complexity index is 4680. The quantitative estimate of drug-likeness (QED) is 0.00210. The van der Waals surface area contributed by atoms with E-state index in [2.05, 4.69) is 171 Å². The monoisotopic (exact) mass is 2430 g/mol. The number of thiol groups is 2. The first-order valence-corrected chi connectivity index (χ1v) is 51.3. The number of carbonyl (C=O) groups is 1. The van der Waals surface area contributed by atoms with E-state index in [1.54, 1.807) is 78.7 Å². The minimum absolute atomic E-state index is 0. The number of nitrogens with zero attached hydrogens (tertiary/aromatic N) is 1. The summed E-state index contributed by atoms with van der Waals surface area (Å²) in [6.07, 6.45) is 2.39. The number of nitrogen functional groups attached to an aromatic ring is 1. The van der Waals surface area contributed by atoms with Crippen molar-refractivity contribution in [1.29, 1.82) is 0 Å². The Hall–Kier alpha value is 1.02. The molecular formula is C100H164B2BrClK3LiN2Na2O28PS8-. The van der Waals surface area contributed by atoms with E-state index in [0.29, 0.717) is 54.5 Å². The zero-order chi connectivity index (χ0) is 108. The Balaban J connectivity index is -0.0000000799. The third-order valence-electron chi connectivity index (χ3n) is 17.7. The number of alkyl halides is 1. The van der Waals surface area contributed by atoms with E-state index >= 15 is 0 Å². The molecule has 0 bridgehead atoms. The maximum absolute atomic E-state index is 9.15. The fourth-order valence-electron chi connectivity index (χ4n) is 10.5. The molecule has 49 heteroatoms. The summed E-state index contributed by atoms with van der Waals surface area (Å²) in [4.78, 5) is 31.2. The van der Waals surface area contributed by atoms with Crippen LogP contribution < -0.4 is 281 Å². The standard InChI is InChI=1S/C15H24O3S.C12H16O2S2.C11H13BO3S.C11H12OS.C9H21BO3.C9H13NO.C9H12OS.C7H8.C6H13BrO2.C4H9.C3H5OS.C2H6O.CH2O3.CH4.ClH.3K.Li.HNO2.2Na.HO4P.H2O.H2S.H2.H/c1-6-17-14(18-7-2)10-19-13-9-8-11(3)12(4)15(13)16-5;1-5-14-12(15)16-10-7-6-8(2)9(3)11(10)13-4;1-6-4-8-5-9(12(13)14)16-11(8)10(15-3)7(6)2;1-7-6-9-4-5-13-11(9)10(12-3)8(7)2;1-7(2)11-10(12-8(3)4)13-9(5)6;1-6-4-5-8(10)9(11-3)7(6)2;1-6-4-5-8(11)9(10-3)7(6)2;1-7-5-3-2-4-6-7;1-3-8-6(5-7)9-4-2;1-3-4-2;1-2-4-3-5;1-2-3;2-1-4-3;;;;;;;2-1-3;;;1-4-5(2)3;;;;/h8-9,14H,6-7,10H2,1-5H3;6-7H,5H2,1-4H3;4-5,13-14H,1-3H3;4-6H,1-3H3;7-9H,1-6H3;4-5H,10H2,1-3H3;4-5,11H,1-3H3;2-6H,1H3;6H,3-5H2,1-2H3;1,3-4H2,2H3;2H2,1H3;3H,2H2,1H3;1,3H;1H4;1H;;;;;(H,2,3);;;1H;2*1H2;1H;/q;;;;;;;;;2*-1;;;;;4*+1;;2*+1;;;;;-1/p-4. The first-order valence-electron chi connectivity index (χ1n) is 44.3. The van der Waals surface area contributed by atoms with Gasteiger partial charge >= 0.3 is 255 Å². The first kappa shape index (κ1) is 185. The molecule has 30 nitrogen and oxygen atoms in total. The number of fused-ring (bicyclic) bond motifs is 2. The number of unbranched alkanes of at least 4 members (excludes halogenated alkanes) is 1. The van der Waals surface area contributed by atoms with Gasteiger partial charge in [-0.3, -0.25) is 4.79 Å². The zero-order valence-electron chi connectivity index (χ0n) is 95.7. The molecule has 9 aromatic rings. The maximum atomic E-state index is 9.15. The van der Waals surface area contributed by atoms with Gasteiger partial charge in [0.25, 0.3) is 6.47 Å². The number of carbonyl (C=O) groups excluding carboxylic acids is 1. The SMILES string of the molecule is C.CC(C)OB(OC(C)C)OC(C)C.CCO.CCOC(=S)Sc1ccc(C)c(C)c1OC.CCOC(CBr)OCC.CCOC(CSc1ccc(C)c(C)c1OC)OCC.CCO[C-]=S.COc1c(C)c(C)cc2cc(B(O)O)sc12.COc1c(C)c(C)cc2ccsc12.COc1c(N)ccc(C)c1C.COc1c(S)ccc(C)c1C.Cc1ccccc1.Cl.O=CO[O-].O=N[O-].O=[P+]([O-])OO.[CH2-]CCC.[H-].[HH].[K+].[K+].[K+].[Li+].[Na+].[Na+].[OH-].[SH-]. The maximum Gasteiger partial charge on any atom is 1.00 e. The molecule has 7 N–H and O–H groups in total. The number of hydrogen-bond acceptors (Lipinski definition) is 38. The van der Waals surface area contributed by atoms with Crippen LogP contribution in [0, 0.1) is 107 Å². The third kappa shape index (κ3) is 88.3. The summed E-state index contributed by atoms with van der Waals surface area (Å²) in [5.41, 5.74) is 24.1. The Morgan fingerprint density at radius 2 is 0.953 bits per heavy atom. The van der Waals surface area contributed by atoms with Gasteiger partial charge in [-0.05, 0) is 328 Å². The molecule has 0 fully saturated rings. The molecule has 0 saturated carbocycles. The summed E-state index contributed by atoms with van der Waals surface area (Å²) in [5, 5.41) is 55.5. The summed E-state index contributed by atoms with van der Waals surface area (Å²) in [6.45, 7) is 61.6. The van der Waals surface area contributed by atoms with E-state index in [1.807, 2.05) is 179 Å². The van der Waals surface area contributed by atoms with Gasteiger partial charge < -0.3 is 156 Å². The van der Waals surface area contributed by atoms with Crippen molar-refractivity contribution in [2.75, 3.05) is 106 Å². The molecule has 7 aromatic carbocycles. The van der Waals surface area contributed by atoms with E-state index in [-0.39, 0.29) is 318 Å². The number of benzene rings is 7. The van der Waals surface area contributed by atoms with Gasteiger partial charge in [-0.25, -0.2) is 10.8 Å². The minimum atomic E-state index is -3.04. The molecule has 1 unspecified atom stereocenters. The van der Waals surface area contributed by atoms with Gasteiger partial charge in [-0.15, -0.1) is 64.8 Å². The molecule has 1 atom stereocenters. The Morgan fingerprint density at radius 3 is 1.26 bits per heavy atom. The van der Waals surface area contributed by atoms with E-state index in [0.717, 1.165) is 104 Å². The normalized spacial score (nSPS) is 9.24. The van der Waals surface area contributed by atoms with Crippen LogP contribution in [0.3, 0.4) is 0 Å². The molecule has 2 heterocycles. The molecule has 0 radical (unpaired) electrons. The molecule has 0 aliphatic heterocycles. The van der Waals surface area contributed by atoms with Crippen molar-refractivity contribution in [3.63, 3.8) is 0 Å². The Labute approximate surface area is 1130 Å². The number of thiophene rings is 2. The average molecular weight is 2440 g/mol. The average Bonchev–Trinajstić information content (AvgIpc) is 1.85. The molecule has 822 valence electrons. The summed E-state index contributed by atoms with van der Waals surface area (Å²) < 4.78 is 94.3. The van der Waals surface area contributed by atoms with Crippen LogP contribution in [0.25, 0.3) is 20.2 Å². The van der Waals surface area contributed by atoms with Crippen LogP contribution in [0.2, 0.25) is 0 Å². The van der Waals surface area contributed by atoms with Gasteiger partial charge in [0.1, 0.15) is 34.5 Å². The van der Waals surface area contributed by atoms with Crippen LogP contribution in [0.1, 0.15) is 192 Å². The van der Waals surface area contributed by atoms with Gasteiger partial charge in [-0.2, -0.15) is 6.42 Å². The van der Waals surface area contributed by atoms with Crippen molar-refractivity contribution in [2.24, 2.45) is 5.34 Å². The van der Waals surface area contributed by atoms with Crippen LogP contribution >= 0.6 is 120 Å². The fourth-order valence-corrected chi connectivity index (χ4v) is 15.6. The zero-order valence-corrected chi connectivity index (χ0v) is 118. The van der Waals surface area contributed by atoms with Crippen LogP contribution in [-0.2, 0) is 74.8 Å². The molecular weight excluding hydrogens is 2270 g/mol. The number of rotatable bonds is 32. The Kier molecular flexibility index (Phi) is 149. The second kappa shape index (κ2) is 120. The van der Waals surface area contributed by atoms with Crippen molar-refractivity contribution >= 4 is 195 Å². The number of nitrogens with two attached hydrogens (primary N) is 1. The predicted octanol–water partition coefficient (Wildman–Crippen LogP) is 6.43. The number of anilines is 1. The van der Waals surface area contributed by atoms with Gasteiger partial charge in [0.2, 0.25) is 4.38 Å². The smallest absolute Gasteiger partial charge is 1.00 e. The second-order valence-corrected chi connectivity index (χ2v) is 35.5. The number of aliphatic hydroxyl groups excluding tert-OH is 1. The molecule has 0 aliphatic rings. The number of thioether (sulfide) groups is 2. The number of aryl methyl sites for hydroxylation is 7. The molecule has 0 aliphatic carbocycles. The van der Waals surface area contributed by atoms with Crippen molar-refractivity contribution in [1.82, 2.24) is 0 Å². The number of hydrogen-bond donors (Lipinski definition) is 6. The molecule has 0 saturated heterocycles. The molecule has 0 amide bonds. The van der Waals surface area contributed by atoms with E-state index in [4.69, 9.17) is 134 Å². The van der Waals surface area contributed by atoms with E-state index in [9.17, 15) is 0 Å². The number of aliphatic hydroxyl groups is 1. The van der Waals surface area contributed by atoms with Crippen LogP contribution in [-0.4, -0.2) is 188 Å². The van der Waals surface area contributed by atoms with Crippen LogP contribution in [0.5, 0.6) is 34.5 Å². The van der Waals surface area contributed by atoms with Gasteiger partial charge in [-0.1, -0.05) is 109 Å². The predicted molar refractivity (Wildman–Crippen MR) is 614 cm³/mol. The summed E-state index contributed by atoms with van der Waals surface area (Å²) in [5.74, 6) is 6.14. The van der Waals surface area contributed by atoms with Gasteiger partial charge in [0.15, 0.2) is 12.6 Å². The number of methoxy groups -OCH3 is 6. The van der Waals surface area contributed by atoms with Crippen molar-refractivity contribution in [3.05, 3.63) is 198 Å². The largest absolute Gasteiger partial charge is 1.00 e. The summed E-state index contributed by atoms with van der Waals surface area (Å²) in [7, 11) is 5.07. The first-order chi connectivity index (χ1) is 65.8. The number of ether oxygens (including phenoxy) is 12. The molecule has 0 spiro atoms. The number of thiocarbonyl (C=S) groups is 2. The number of halogens is 2. The van der Waals surface area contributed by atoms with Gasteiger partial charge in [0.05, 0.1) is 74.6 Å². The summed E-state index contributed by atoms with van der Waals surface area (Å²) >= 11 is 23.0. The molecule has 9 rings (SSSR count). The fraction of sp³-hybridized carbons (Fsp3) is 0.500. The van der Waals surface area contributed by atoms with Crippen LogP contribution in [0.15, 0.2) is 129 Å². The van der Waals surface area contributed by atoms with Crippen LogP contribution in [0.4, 0.5) is 5.69 Å². The third-order valence-corrected chi connectivity index (χ3v) is 23.3. The molecule has 2 aromatic heterocycles. The second-order valence-electron chi connectivity index (χ2n) is 28.9. The minimum Gasteiger partial charge on any atom is -1.00 e. The van der Waals surface area contributed by atoms with E-state index in [1.165, 1.54) is 89.7 Å². The van der Waals surface area contributed by atoms with E-state index < -0.39 is 22.7 Å². The van der Waals surface area contributed by atoms with Crippen molar-refractivity contribution in [2.45, 2.75) is 253 Å². The summed E-state index contributed by atoms with van der Waals surface area (Å²) in [6, 6.07) is 34.6. The topological polar surface area (TPSA) is 427 Å². The van der Waals surface area contributed by atoms with Gasteiger partial charge in [0, 0.05) is 84.4 Å². The molecule has 149 heavy (non-hydrogen) atoms.